The van der Waals surface area contributed by atoms with Crippen molar-refractivity contribution in [2.45, 2.75) is 25.7 Å². The first-order chi connectivity index (χ1) is 9.98. The lowest BCUT2D eigenvalue weighted by molar-refractivity contribution is -0.274. The lowest BCUT2D eigenvalue weighted by atomic mass is 10.0. The molecule has 2 rings (SSSR count). The average Bonchev–Trinajstić information content (AvgIpc) is 2.92. The normalized spacial score (nSPS) is 13.1. The summed E-state index contributed by atoms with van der Waals surface area (Å²) in [6.07, 6.45) is -2.17. The van der Waals surface area contributed by atoms with Crippen molar-refractivity contribution in [1.29, 1.82) is 0 Å². The van der Waals surface area contributed by atoms with Gasteiger partial charge in [-0.05, 0) is 30.7 Å². The summed E-state index contributed by atoms with van der Waals surface area (Å²) >= 11 is 1.55. The van der Waals surface area contributed by atoms with Crippen molar-refractivity contribution in [3.8, 4) is 5.75 Å². The van der Waals surface area contributed by atoms with Crippen LogP contribution in [0.5, 0.6) is 5.75 Å². The Labute approximate surface area is 124 Å². The van der Waals surface area contributed by atoms with E-state index >= 15 is 0 Å². The largest absolute Gasteiger partial charge is 0.573 e. The highest BCUT2D eigenvalue weighted by atomic mass is 32.1. The summed E-state index contributed by atoms with van der Waals surface area (Å²) < 4.78 is 40.2. The molecule has 0 saturated carbocycles. The van der Waals surface area contributed by atoms with E-state index in [0.29, 0.717) is 6.42 Å². The first-order valence-electron chi connectivity index (χ1n) is 6.44. The molecule has 3 nitrogen and oxygen atoms in total. The molecule has 114 valence electrons. The minimum absolute atomic E-state index is 0.108. The molecular formula is C14H15F3N2OS. The third kappa shape index (κ3) is 5.02. The molecule has 0 fully saturated rings. The number of benzene rings is 1. The smallest absolute Gasteiger partial charge is 0.406 e. The van der Waals surface area contributed by atoms with Crippen molar-refractivity contribution >= 4 is 11.3 Å². The maximum Gasteiger partial charge on any atom is 0.573 e. The highest BCUT2D eigenvalue weighted by Crippen LogP contribution is 2.25. The third-order valence-corrected chi connectivity index (χ3v) is 3.73. The van der Waals surface area contributed by atoms with Crippen LogP contribution in [0.3, 0.4) is 0 Å². The Balaban J connectivity index is 2.04. The molecule has 0 radical (unpaired) electrons. The quantitative estimate of drug-likeness (QED) is 0.876. The summed E-state index contributed by atoms with van der Waals surface area (Å²) in [5, 5.41) is 3.35. The van der Waals surface area contributed by atoms with Crippen molar-refractivity contribution in [2.24, 2.45) is 0 Å². The second-order valence-electron chi connectivity index (χ2n) is 4.41. The topological polar surface area (TPSA) is 34.1 Å². The fourth-order valence-corrected chi connectivity index (χ4v) is 2.68. The van der Waals surface area contributed by atoms with Gasteiger partial charge in [0.2, 0.25) is 0 Å². The van der Waals surface area contributed by atoms with Gasteiger partial charge in [0.05, 0.1) is 5.51 Å². The Bertz CT molecular complexity index is 540. The fraction of sp³-hybridized carbons (Fsp3) is 0.357. The molecule has 1 heterocycles. The maximum atomic E-state index is 12.1. The number of likely N-dealkylation sites (N-methyl/N-ethyl adjacent to an activating group) is 1. The van der Waals surface area contributed by atoms with Crippen LogP contribution >= 0.6 is 11.3 Å². The Kier molecular flexibility index (Phi) is 5.19. The molecule has 0 spiro atoms. The Morgan fingerprint density at radius 1 is 1.29 bits per heavy atom. The van der Waals surface area contributed by atoms with Gasteiger partial charge < -0.3 is 10.1 Å². The van der Waals surface area contributed by atoms with Crippen LogP contribution in [0.25, 0.3) is 0 Å². The number of aromatic nitrogens is 1. The lowest BCUT2D eigenvalue weighted by Crippen LogP contribution is -2.22. The zero-order valence-electron chi connectivity index (χ0n) is 11.4. The molecule has 0 aliphatic carbocycles. The summed E-state index contributed by atoms with van der Waals surface area (Å²) in [7, 11) is 0. The number of thiazole rings is 1. The van der Waals surface area contributed by atoms with E-state index in [1.54, 1.807) is 35.2 Å². The monoisotopic (exact) mass is 316 g/mol. The number of alkyl halides is 3. The maximum absolute atomic E-state index is 12.1. The number of nitrogens with zero attached hydrogens (tertiary/aromatic N) is 1. The Hall–Kier alpha value is -1.60. The predicted molar refractivity (Wildman–Crippen MR) is 75.4 cm³/mol. The van der Waals surface area contributed by atoms with Crippen LogP contribution in [-0.2, 0) is 6.42 Å². The summed E-state index contributed by atoms with van der Waals surface area (Å²) in [6.45, 7) is 2.81. The van der Waals surface area contributed by atoms with Gasteiger partial charge in [-0.2, -0.15) is 0 Å². The Morgan fingerprint density at radius 3 is 2.52 bits per heavy atom. The Morgan fingerprint density at radius 2 is 2.00 bits per heavy atom. The van der Waals surface area contributed by atoms with E-state index in [2.05, 4.69) is 15.0 Å². The predicted octanol–water partition coefficient (Wildman–Crippen LogP) is 3.94. The van der Waals surface area contributed by atoms with Gasteiger partial charge in [-0.25, -0.2) is 0 Å². The molecule has 0 aliphatic heterocycles. The lowest BCUT2D eigenvalue weighted by Gasteiger charge is -2.16. The number of hydrogen-bond acceptors (Lipinski definition) is 4. The SMILES string of the molecule is CCNC(Cc1ccc(OC(F)(F)F)cc1)c1cncs1. The second-order valence-corrected chi connectivity index (χ2v) is 5.33. The zero-order valence-corrected chi connectivity index (χ0v) is 12.2. The first-order valence-corrected chi connectivity index (χ1v) is 7.32. The van der Waals surface area contributed by atoms with Crippen molar-refractivity contribution in [3.05, 3.63) is 46.4 Å². The molecule has 2 aromatic rings. The average molecular weight is 316 g/mol. The molecule has 1 aromatic carbocycles. The van der Waals surface area contributed by atoms with Crippen molar-refractivity contribution < 1.29 is 17.9 Å². The molecule has 1 atom stereocenters. The standard InChI is InChI=1S/C14H15F3N2OS/c1-2-19-12(13-8-18-9-21-13)7-10-3-5-11(6-4-10)20-14(15,16)17/h3-6,8-9,12,19H,2,7H2,1H3. The summed E-state index contributed by atoms with van der Waals surface area (Å²) in [6, 6.07) is 6.06. The van der Waals surface area contributed by atoms with Gasteiger partial charge in [-0.3, -0.25) is 4.98 Å². The van der Waals surface area contributed by atoms with Crippen LogP contribution in [0.15, 0.2) is 36.0 Å². The summed E-state index contributed by atoms with van der Waals surface area (Å²) in [4.78, 5) is 5.16. The number of halogens is 3. The van der Waals surface area contributed by atoms with Gasteiger partial charge in [0.25, 0.3) is 0 Å². The van der Waals surface area contributed by atoms with Crippen LogP contribution in [0.2, 0.25) is 0 Å². The van der Waals surface area contributed by atoms with Crippen LogP contribution in [0, 0.1) is 0 Å². The van der Waals surface area contributed by atoms with Gasteiger partial charge in [0.1, 0.15) is 5.75 Å². The first kappa shape index (κ1) is 15.8. The van der Waals surface area contributed by atoms with Gasteiger partial charge in [-0.15, -0.1) is 24.5 Å². The molecule has 0 amide bonds. The number of ether oxygens (including phenoxy) is 1. The molecule has 7 heteroatoms. The van der Waals surface area contributed by atoms with Gasteiger partial charge >= 0.3 is 6.36 Å². The summed E-state index contributed by atoms with van der Waals surface area (Å²) in [5.74, 6) is -0.205. The molecule has 1 N–H and O–H groups in total. The second kappa shape index (κ2) is 6.91. The van der Waals surface area contributed by atoms with E-state index in [1.165, 1.54) is 12.1 Å². The van der Waals surface area contributed by atoms with E-state index in [4.69, 9.17) is 0 Å². The van der Waals surface area contributed by atoms with Gasteiger partial charge in [0.15, 0.2) is 0 Å². The molecule has 0 aliphatic rings. The molecule has 21 heavy (non-hydrogen) atoms. The molecule has 1 unspecified atom stereocenters. The van der Waals surface area contributed by atoms with Crippen LogP contribution < -0.4 is 10.1 Å². The molecule has 1 aromatic heterocycles. The zero-order chi connectivity index (χ0) is 15.3. The van der Waals surface area contributed by atoms with Crippen molar-refractivity contribution in [3.63, 3.8) is 0 Å². The van der Waals surface area contributed by atoms with E-state index in [1.807, 2.05) is 6.92 Å². The van der Waals surface area contributed by atoms with Gasteiger partial charge in [-0.1, -0.05) is 19.1 Å². The van der Waals surface area contributed by atoms with E-state index in [0.717, 1.165) is 17.0 Å². The van der Waals surface area contributed by atoms with E-state index in [-0.39, 0.29) is 11.8 Å². The number of hydrogen-bond donors (Lipinski definition) is 1. The minimum Gasteiger partial charge on any atom is -0.406 e. The molecular weight excluding hydrogens is 301 g/mol. The van der Waals surface area contributed by atoms with Gasteiger partial charge in [0, 0.05) is 17.1 Å². The van der Waals surface area contributed by atoms with E-state index in [9.17, 15) is 13.2 Å². The highest BCUT2D eigenvalue weighted by Gasteiger charge is 2.30. The number of rotatable bonds is 6. The van der Waals surface area contributed by atoms with Crippen molar-refractivity contribution in [1.82, 2.24) is 10.3 Å². The minimum atomic E-state index is -4.66. The summed E-state index contributed by atoms with van der Waals surface area (Å²) in [5.41, 5.74) is 2.70. The number of nitrogens with one attached hydrogen (secondary N) is 1. The van der Waals surface area contributed by atoms with Crippen molar-refractivity contribution in [2.75, 3.05) is 6.54 Å². The molecule has 0 bridgehead atoms. The van der Waals surface area contributed by atoms with Crippen LogP contribution in [-0.4, -0.2) is 17.9 Å². The fourth-order valence-electron chi connectivity index (χ4n) is 1.98. The highest BCUT2D eigenvalue weighted by molar-refractivity contribution is 7.09. The van der Waals surface area contributed by atoms with Crippen LogP contribution in [0.1, 0.15) is 23.4 Å². The van der Waals surface area contributed by atoms with Crippen LogP contribution in [0.4, 0.5) is 13.2 Å². The van der Waals surface area contributed by atoms with E-state index < -0.39 is 6.36 Å². The molecule has 0 saturated heterocycles. The third-order valence-electron chi connectivity index (χ3n) is 2.84.